The molecule has 3 heterocycles. The summed E-state index contributed by atoms with van der Waals surface area (Å²) in [6, 6.07) is 3.86. The van der Waals surface area contributed by atoms with Crippen LogP contribution < -0.4 is 5.32 Å². The van der Waals surface area contributed by atoms with Gasteiger partial charge in [-0.2, -0.15) is 0 Å². The number of piperidine rings is 2. The Labute approximate surface area is 166 Å². The number of likely N-dealkylation sites (tertiary alicyclic amines) is 2. The van der Waals surface area contributed by atoms with Crippen LogP contribution in [0, 0.1) is 11.3 Å². The Morgan fingerprint density at radius 1 is 1.29 bits per heavy atom. The van der Waals surface area contributed by atoms with Crippen molar-refractivity contribution in [1.29, 1.82) is 0 Å². The number of carbonyl (C=O) groups excluding carboxylic acids is 3. The molecule has 0 aliphatic carbocycles. The van der Waals surface area contributed by atoms with Crippen LogP contribution in [-0.4, -0.2) is 58.7 Å². The minimum absolute atomic E-state index is 0.0382. The fraction of sp³-hybridized carbons (Fsp3) is 0.619. The maximum atomic E-state index is 12.6. The van der Waals surface area contributed by atoms with Crippen LogP contribution in [0.15, 0.2) is 24.5 Å². The number of rotatable bonds is 5. The Kier molecular flexibility index (Phi) is 6.31. The van der Waals surface area contributed by atoms with Crippen LogP contribution in [0.25, 0.3) is 0 Å². The zero-order chi connectivity index (χ0) is 20.1. The lowest BCUT2D eigenvalue weighted by Crippen LogP contribution is -2.56. The van der Waals surface area contributed by atoms with Gasteiger partial charge in [-0.25, -0.2) is 0 Å². The van der Waals surface area contributed by atoms with Gasteiger partial charge in [0.2, 0.25) is 17.7 Å². The molecule has 2 aliphatic heterocycles. The van der Waals surface area contributed by atoms with Crippen LogP contribution in [0.4, 0.5) is 0 Å². The molecule has 0 aromatic carbocycles. The van der Waals surface area contributed by atoms with Crippen LogP contribution in [0.2, 0.25) is 0 Å². The van der Waals surface area contributed by atoms with Crippen molar-refractivity contribution in [2.24, 2.45) is 11.3 Å². The number of hydrogen-bond acceptors (Lipinski definition) is 4. The normalized spacial score (nSPS) is 22.6. The van der Waals surface area contributed by atoms with E-state index in [4.69, 9.17) is 0 Å². The molecule has 152 valence electrons. The van der Waals surface area contributed by atoms with Crippen molar-refractivity contribution >= 4 is 17.7 Å². The van der Waals surface area contributed by atoms with Gasteiger partial charge < -0.3 is 15.1 Å². The van der Waals surface area contributed by atoms with E-state index in [1.165, 1.54) is 0 Å². The Bertz CT molecular complexity index is 722. The van der Waals surface area contributed by atoms with Gasteiger partial charge in [0.1, 0.15) is 0 Å². The van der Waals surface area contributed by atoms with Crippen molar-refractivity contribution in [2.75, 3.05) is 26.2 Å². The molecule has 0 radical (unpaired) electrons. The number of nitrogens with one attached hydrogen (secondary N) is 1. The first-order valence-electron chi connectivity index (χ1n) is 10.1. The second-order valence-corrected chi connectivity index (χ2v) is 8.40. The molecule has 0 saturated carbocycles. The van der Waals surface area contributed by atoms with Gasteiger partial charge in [-0.05, 0) is 30.9 Å². The van der Waals surface area contributed by atoms with Gasteiger partial charge in [-0.3, -0.25) is 19.4 Å². The first-order valence-corrected chi connectivity index (χ1v) is 10.1. The van der Waals surface area contributed by atoms with Gasteiger partial charge in [0.05, 0.1) is 6.54 Å². The predicted molar refractivity (Wildman–Crippen MR) is 105 cm³/mol. The summed E-state index contributed by atoms with van der Waals surface area (Å²) in [5, 5.41) is 2.72. The van der Waals surface area contributed by atoms with E-state index in [0.717, 1.165) is 24.8 Å². The van der Waals surface area contributed by atoms with E-state index in [-0.39, 0.29) is 35.6 Å². The molecule has 1 spiro atoms. The summed E-state index contributed by atoms with van der Waals surface area (Å²) in [4.78, 5) is 44.7. The fourth-order valence-electron chi connectivity index (χ4n) is 4.19. The van der Waals surface area contributed by atoms with Gasteiger partial charge in [-0.1, -0.05) is 19.9 Å². The summed E-state index contributed by atoms with van der Waals surface area (Å²) in [5.41, 5.74) is 0.972. The quantitative estimate of drug-likeness (QED) is 0.833. The molecule has 1 unspecified atom stereocenters. The van der Waals surface area contributed by atoms with E-state index in [1.54, 1.807) is 12.4 Å². The lowest BCUT2D eigenvalue weighted by molar-refractivity contribution is -0.144. The predicted octanol–water partition coefficient (Wildman–Crippen LogP) is 1.58. The molecule has 7 nitrogen and oxygen atoms in total. The smallest absolute Gasteiger partial charge is 0.241 e. The highest BCUT2D eigenvalue weighted by atomic mass is 16.2. The van der Waals surface area contributed by atoms with Crippen LogP contribution >= 0.6 is 0 Å². The van der Waals surface area contributed by atoms with Crippen molar-refractivity contribution in [2.45, 2.75) is 46.1 Å². The van der Waals surface area contributed by atoms with Gasteiger partial charge in [-0.15, -0.1) is 0 Å². The van der Waals surface area contributed by atoms with Crippen LogP contribution in [-0.2, 0) is 20.9 Å². The number of hydrogen-bond donors (Lipinski definition) is 1. The Morgan fingerprint density at radius 3 is 2.82 bits per heavy atom. The van der Waals surface area contributed by atoms with Crippen molar-refractivity contribution in [3.63, 3.8) is 0 Å². The van der Waals surface area contributed by atoms with Gasteiger partial charge >= 0.3 is 0 Å². The highest BCUT2D eigenvalue weighted by Gasteiger charge is 2.42. The van der Waals surface area contributed by atoms with Crippen molar-refractivity contribution in [3.8, 4) is 0 Å². The standard InChI is InChI=1S/C21H30N4O3/c1-16(2)20(28)23-12-19(27)24-10-4-7-21(14-24)8-6-18(26)25(15-21)13-17-5-3-9-22-11-17/h3,5,9,11,16H,4,6-8,10,12-15H2,1-2H3,(H,23,28). The molecule has 3 amide bonds. The lowest BCUT2D eigenvalue weighted by Gasteiger charge is -2.48. The summed E-state index contributed by atoms with van der Waals surface area (Å²) < 4.78 is 0. The number of nitrogens with zero attached hydrogens (tertiary/aromatic N) is 3. The summed E-state index contributed by atoms with van der Waals surface area (Å²) in [6.45, 7) is 6.27. The minimum atomic E-state index is -0.133. The Hall–Kier alpha value is -2.44. The number of aromatic nitrogens is 1. The number of carbonyl (C=O) groups is 3. The molecule has 3 rings (SSSR count). The van der Waals surface area contributed by atoms with Crippen molar-refractivity contribution in [3.05, 3.63) is 30.1 Å². The SMILES string of the molecule is CC(C)C(=O)NCC(=O)N1CCCC2(CCC(=O)N(Cc3cccnc3)C2)C1. The van der Waals surface area contributed by atoms with E-state index in [0.29, 0.717) is 32.6 Å². The van der Waals surface area contributed by atoms with Crippen molar-refractivity contribution < 1.29 is 14.4 Å². The molecule has 2 fully saturated rings. The van der Waals surface area contributed by atoms with E-state index in [2.05, 4.69) is 10.3 Å². The Morgan fingerprint density at radius 2 is 2.11 bits per heavy atom. The van der Waals surface area contributed by atoms with E-state index < -0.39 is 0 Å². The van der Waals surface area contributed by atoms with Gasteiger partial charge in [0.25, 0.3) is 0 Å². The minimum Gasteiger partial charge on any atom is -0.347 e. The summed E-state index contributed by atoms with van der Waals surface area (Å²) >= 11 is 0. The zero-order valence-corrected chi connectivity index (χ0v) is 16.8. The van der Waals surface area contributed by atoms with Gasteiger partial charge in [0, 0.05) is 56.3 Å². The molecule has 0 bridgehead atoms. The summed E-state index contributed by atoms with van der Waals surface area (Å²) in [7, 11) is 0. The third-order valence-electron chi connectivity index (χ3n) is 5.80. The third-order valence-corrected chi connectivity index (χ3v) is 5.80. The van der Waals surface area contributed by atoms with E-state index in [9.17, 15) is 14.4 Å². The fourth-order valence-corrected chi connectivity index (χ4v) is 4.19. The first kappa shape index (κ1) is 20.3. The van der Waals surface area contributed by atoms with Crippen LogP contribution in [0.1, 0.15) is 45.1 Å². The topological polar surface area (TPSA) is 82.6 Å². The molecular formula is C21H30N4O3. The average molecular weight is 386 g/mol. The summed E-state index contributed by atoms with van der Waals surface area (Å²) in [6.07, 6.45) is 6.81. The highest BCUT2D eigenvalue weighted by molar-refractivity contribution is 5.85. The summed E-state index contributed by atoms with van der Waals surface area (Å²) in [5.74, 6) is -0.109. The largest absolute Gasteiger partial charge is 0.347 e. The average Bonchev–Trinajstić information content (AvgIpc) is 2.69. The van der Waals surface area contributed by atoms with Crippen LogP contribution in [0.3, 0.4) is 0 Å². The van der Waals surface area contributed by atoms with E-state index >= 15 is 0 Å². The van der Waals surface area contributed by atoms with Crippen molar-refractivity contribution in [1.82, 2.24) is 20.1 Å². The lowest BCUT2D eigenvalue weighted by atomic mass is 9.73. The molecule has 1 aromatic rings. The molecular weight excluding hydrogens is 356 g/mol. The Balaban J connectivity index is 1.62. The monoisotopic (exact) mass is 386 g/mol. The first-order chi connectivity index (χ1) is 13.4. The van der Waals surface area contributed by atoms with E-state index in [1.807, 2.05) is 35.8 Å². The number of pyridine rings is 1. The molecule has 1 N–H and O–H groups in total. The van der Waals surface area contributed by atoms with Crippen LogP contribution in [0.5, 0.6) is 0 Å². The second-order valence-electron chi connectivity index (χ2n) is 8.40. The van der Waals surface area contributed by atoms with Gasteiger partial charge in [0.15, 0.2) is 0 Å². The molecule has 1 aromatic heterocycles. The molecule has 28 heavy (non-hydrogen) atoms. The molecule has 7 heteroatoms. The number of amides is 3. The molecule has 2 aliphatic rings. The maximum absolute atomic E-state index is 12.6. The molecule has 2 saturated heterocycles. The third kappa shape index (κ3) is 4.88. The zero-order valence-electron chi connectivity index (χ0n) is 16.8. The highest BCUT2D eigenvalue weighted by Crippen LogP contribution is 2.39. The molecule has 1 atom stereocenters. The maximum Gasteiger partial charge on any atom is 0.241 e. The second kappa shape index (κ2) is 8.71.